The standard InChI is InChI=1S/C9H19N2O.ClH/c1-5-7-9(12)11(3,4)10-8-6-2;/h5,7,10H,6,8H2,1-4H3;1H/q+1;/p-1. The molecule has 0 aromatic heterocycles. The molecule has 0 saturated carbocycles. The minimum atomic E-state index is 0. The first kappa shape index (κ1) is 15.1. The average molecular weight is 207 g/mol. The van der Waals surface area contributed by atoms with Crippen LogP contribution in [0.2, 0.25) is 0 Å². The first-order valence-corrected chi connectivity index (χ1v) is 4.31. The summed E-state index contributed by atoms with van der Waals surface area (Å²) in [6.45, 7) is 4.78. The number of nitrogens with one attached hydrogen (secondary N) is 1. The molecule has 0 aliphatic rings. The highest BCUT2D eigenvalue weighted by molar-refractivity contribution is 5.80. The minimum absolute atomic E-state index is 0. The van der Waals surface area contributed by atoms with Crippen LogP contribution < -0.4 is 17.8 Å². The molecule has 3 nitrogen and oxygen atoms in total. The van der Waals surface area contributed by atoms with Crippen molar-refractivity contribution < 1.29 is 21.8 Å². The van der Waals surface area contributed by atoms with E-state index < -0.39 is 0 Å². The fourth-order valence-corrected chi connectivity index (χ4v) is 0.798. The fourth-order valence-electron chi connectivity index (χ4n) is 0.798. The van der Waals surface area contributed by atoms with E-state index >= 15 is 0 Å². The van der Waals surface area contributed by atoms with E-state index in [2.05, 4.69) is 12.3 Å². The van der Waals surface area contributed by atoms with Crippen molar-refractivity contribution in [1.82, 2.24) is 5.43 Å². The summed E-state index contributed by atoms with van der Waals surface area (Å²) >= 11 is 0. The maximum absolute atomic E-state index is 11.4. The molecule has 1 N–H and O–H groups in total. The van der Waals surface area contributed by atoms with Gasteiger partial charge in [0.05, 0.1) is 14.1 Å². The molecule has 0 rings (SSSR count). The first-order chi connectivity index (χ1) is 5.54. The fraction of sp³-hybridized carbons (Fsp3) is 0.667. The van der Waals surface area contributed by atoms with Crippen molar-refractivity contribution in [3.05, 3.63) is 12.2 Å². The van der Waals surface area contributed by atoms with E-state index in [1.54, 1.807) is 12.2 Å². The second-order valence-corrected chi connectivity index (χ2v) is 3.20. The molecule has 0 aliphatic carbocycles. The molecule has 0 aliphatic heterocycles. The number of hydrogen-bond donors (Lipinski definition) is 1. The van der Waals surface area contributed by atoms with Crippen LogP contribution in [0.15, 0.2) is 12.2 Å². The van der Waals surface area contributed by atoms with Crippen LogP contribution in [0, 0.1) is 0 Å². The Balaban J connectivity index is 0. The molecule has 4 heteroatoms. The third kappa shape index (κ3) is 5.80. The van der Waals surface area contributed by atoms with Crippen LogP contribution in [0.3, 0.4) is 0 Å². The van der Waals surface area contributed by atoms with Gasteiger partial charge in [-0.25, -0.2) is 4.79 Å². The Morgan fingerprint density at radius 1 is 1.46 bits per heavy atom. The molecule has 0 bridgehead atoms. The molecular formula is C9H19ClN2O. The molecule has 0 fully saturated rings. The summed E-state index contributed by atoms with van der Waals surface area (Å²) < 4.78 is 0.220. The summed E-state index contributed by atoms with van der Waals surface area (Å²) in [6, 6.07) is 0. The van der Waals surface area contributed by atoms with Gasteiger partial charge in [0.15, 0.2) is 0 Å². The van der Waals surface area contributed by atoms with Gasteiger partial charge >= 0.3 is 5.91 Å². The van der Waals surface area contributed by atoms with Gasteiger partial charge in [-0.3, -0.25) is 0 Å². The number of quaternary nitrogens is 1. The lowest BCUT2D eigenvalue weighted by Crippen LogP contribution is -3.00. The number of amides is 1. The Morgan fingerprint density at radius 2 is 2.00 bits per heavy atom. The number of nitrogens with zero attached hydrogens (tertiary/aromatic N) is 1. The molecule has 78 valence electrons. The van der Waals surface area contributed by atoms with E-state index in [4.69, 9.17) is 0 Å². The predicted octanol–water partition coefficient (Wildman–Crippen LogP) is -1.92. The highest BCUT2D eigenvalue weighted by Crippen LogP contribution is 1.94. The topological polar surface area (TPSA) is 29.1 Å². The van der Waals surface area contributed by atoms with Gasteiger partial charge < -0.3 is 12.4 Å². The number of carbonyl (C=O) groups is 1. The number of rotatable bonds is 4. The molecule has 0 saturated heterocycles. The lowest BCUT2D eigenvalue weighted by Gasteiger charge is -2.24. The van der Waals surface area contributed by atoms with E-state index in [1.165, 1.54) is 0 Å². The Labute approximate surface area is 86.8 Å². The van der Waals surface area contributed by atoms with Gasteiger partial charge in [-0.05, 0) is 13.3 Å². The van der Waals surface area contributed by atoms with Gasteiger partial charge in [0.25, 0.3) is 0 Å². The van der Waals surface area contributed by atoms with E-state index in [1.807, 2.05) is 21.0 Å². The Hall–Kier alpha value is -0.380. The third-order valence-electron chi connectivity index (χ3n) is 1.62. The largest absolute Gasteiger partial charge is 1.00 e. The van der Waals surface area contributed by atoms with E-state index in [0.717, 1.165) is 13.0 Å². The van der Waals surface area contributed by atoms with Gasteiger partial charge in [0.2, 0.25) is 0 Å². The second kappa shape index (κ2) is 7.06. The molecule has 0 spiro atoms. The normalized spacial score (nSPS) is 11.4. The molecule has 0 unspecified atom stereocenters. The minimum Gasteiger partial charge on any atom is -1.00 e. The maximum Gasteiger partial charge on any atom is 0.356 e. The lowest BCUT2D eigenvalue weighted by atomic mass is 10.4. The van der Waals surface area contributed by atoms with Gasteiger partial charge in [-0.2, -0.15) is 10.0 Å². The summed E-state index contributed by atoms with van der Waals surface area (Å²) in [5, 5.41) is 0. The number of hydrogen-bond acceptors (Lipinski definition) is 2. The monoisotopic (exact) mass is 206 g/mol. The summed E-state index contributed by atoms with van der Waals surface area (Å²) in [4.78, 5) is 11.4. The van der Waals surface area contributed by atoms with Crippen molar-refractivity contribution in [2.24, 2.45) is 0 Å². The van der Waals surface area contributed by atoms with Gasteiger partial charge in [0.1, 0.15) is 0 Å². The van der Waals surface area contributed by atoms with E-state index in [-0.39, 0.29) is 22.9 Å². The van der Waals surface area contributed by atoms with E-state index in [9.17, 15) is 4.79 Å². The number of carbonyl (C=O) groups excluding carboxylic acids is 1. The molecule has 13 heavy (non-hydrogen) atoms. The van der Waals surface area contributed by atoms with Crippen LogP contribution in [0.5, 0.6) is 0 Å². The Morgan fingerprint density at radius 3 is 2.38 bits per heavy atom. The summed E-state index contributed by atoms with van der Waals surface area (Å²) in [7, 11) is 3.69. The zero-order valence-corrected chi connectivity index (χ0v) is 9.56. The lowest BCUT2D eigenvalue weighted by molar-refractivity contribution is -0.857. The molecule has 0 atom stereocenters. The first-order valence-electron chi connectivity index (χ1n) is 4.31. The van der Waals surface area contributed by atoms with Crippen LogP contribution in [-0.4, -0.2) is 31.1 Å². The van der Waals surface area contributed by atoms with Gasteiger partial charge in [-0.1, -0.05) is 13.0 Å². The summed E-state index contributed by atoms with van der Waals surface area (Å²) in [5.41, 5.74) is 3.13. The predicted molar refractivity (Wildman–Crippen MR) is 50.2 cm³/mol. The van der Waals surface area contributed by atoms with Crippen LogP contribution in [0.4, 0.5) is 0 Å². The van der Waals surface area contributed by atoms with Crippen molar-refractivity contribution in [2.75, 3.05) is 20.6 Å². The highest BCUT2D eigenvalue weighted by atomic mass is 35.5. The van der Waals surface area contributed by atoms with Crippen molar-refractivity contribution in [1.29, 1.82) is 0 Å². The zero-order valence-electron chi connectivity index (χ0n) is 8.80. The Kier molecular flexibility index (Phi) is 8.21. The molecule has 1 amide bonds. The van der Waals surface area contributed by atoms with E-state index in [0.29, 0.717) is 0 Å². The average Bonchev–Trinajstić information content (AvgIpc) is 2.01. The Bertz CT molecular complexity index is 178. The van der Waals surface area contributed by atoms with Gasteiger partial charge in [0, 0.05) is 12.6 Å². The van der Waals surface area contributed by atoms with Crippen LogP contribution in [-0.2, 0) is 4.79 Å². The zero-order chi connectivity index (χ0) is 9.61. The summed E-state index contributed by atoms with van der Waals surface area (Å²) in [5.74, 6) is 0.0750. The second-order valence-electron chi connectivity index (χ2n) is 3.20. The molecule has 0 radical (unpaired) electrons. The van der Waals surface area contributed by atoms with Crippen LogP contribution in [0.25, 0.3) is 0 Å². The quantitative estimate of drug-likeness (QED) is 0.330. The molecule has 0 aromatic rings. The van der Waals surface area contributed by atoms with Crippen LogP contribution in [0.1, 0.15) is 20.3 Å². The number of likely N-dealkylation sites (N-methyl/N-ethyl adjacent to an activating group) is 1. The highest BCUT2D eigenvalue weighted by Gasteiger charge is 2.22. The maximum atomic E-state index is 11.4. The number of halogens is 1. The molecule has 0 aromatic carbocycles. The molecular weight excluding hydrogens is 188 g/mol. The van der Waals surface area contributed by atoms with Gasteiger partial charge in [-0.15, -0.1) is 0 Å². The van der Waals surface area contributed by atoms with Crippen molar-refractivity contribution >= 4 is 5.91 Å². The third-order valence-corrected chi connectivity index (χ3v) is 1.62. The van der Waals surface area contributed by atoms with Crippen molar-refractivity contribution in [3.8, 4) is 0 Å². The van der Waals surface area contributed by atoms with Crippen LogP contribution >= 0.6 is 0 Å². The molecule has 0 heterocycles. The van der Waals surface area contributed by atoms with Crippen molar-refractivity contribution in [2.45, 2.75) is 20.3 Å². The summed E-state index contributed by atoms with van der Waals surface area (Å²) in [6.07, 6.45) is 4.38. The number of allylic oxidation sites excluding steroid dienone is 1. The SMILES string of the molecule is CC=CC(=O)[N+](C)(C)NCCC.[Cl-]. The smallest absolute Gasteiger partial charge is 0.356 e. The van der Waals surface area contributed by atoms with Crippen molar-refractivity contribution in [3.63, 3.8) is 0 Å².